The van der Waals surface area contributed by atoms with E-state index in [0.29, 0.717) is 63.2 Å². The summed E-state index contributed by atoms with van der Waals surface area (Å²) in [7, 11) is 0. The molecule has 3 aliphatic heterocycles. The van der Waals surface area contributed by atoms with E-state index in [2.05, 4.69) is 43.1 Å². The summed E-state index contributed by atoms with van der Waals surface area (Å²) in [5.41, 5.74) is 5.26. The van der Waals surface area contributed by atoms with Crippen LogP contribution in [0.2, 0.25) is 0 Å². The summed E-state index contributed by atoms with van der Waals surface area (Å²) in [5.74, 6) is 4.33. The maximum absolute atomic E-state index is 13.5. The molecule has 2 aromatic heterocycles. The van der Waals surface area contributed by atoms with Crippen LogP contribution in [0.3, 0.4) is 0 Å². The third-order valence-electron chi connectivity index (χ3n) is 10.2. The first-order valence-corrected chi connectivity index (χ1v) is 18.6. The number of carbonyl (C=O) groups is 5. The zero-order valence-corrected chi connectivity index (χ0v) is 30.8. The minimum Gasteiger partial charge on any atom is -0.382 e. The van der Waals surface area contributed by atoms with Crippen molar-refractivity contribution in [3.63, 3.8) is 0 Å². The number of halogens is 3. The Kier molecular flexibility index (Phi) is 10.1. The quantitative estimate of drug-likeness (QED) is 0.0921. The molecule has 0 bridgehead atoms. The van der Waals surface area contributed by atoms with Crippen LogP contribution in [-0.4, -0.2) is 69.7 Å². The molecule has 4 N–H and O–H groups in total. The van der Waals surface area contributed by atoms with Gasteiger partial charge in [0.25, 0.3) is 11.8 Å². The fraction of sp³-hybridized carbons (Fsp3) is 0.233. The number of hydrogen-bond donors (Lipinski definition) is 4. The summed E-state index contributed by atoms with van der Waals surface area (Å²) in [5, 5.41) is 12.5. The summed E-state index contributed by atoms with van der Waals surface area (Å²) in [6.07, 6.45) is -1.48. The molecule has 15 heteroatoms. The van der Waals surface area contributed by atoms with Crippen LogP contribution in [0.15, 0.2) is 79.1 Å². The Labute approximate surface area is 329 Å². The van der Waals surface area contributed by atoms with Gasteiger partial charge in [0.15, 0.2) is 0 Å². The number of rotatable bonds is 7. The monoisotopic (exact) mass is 785 g/mol. The van der Waals surface area contributed by atoms with Gasteiger partial charge in [-0.05, 0) is 71.0 Å². The minimum absolute atomic E-state index is 0.0189. The predicted molar refractivity (Wildman–Crippen MR) is 208 cm³/mol. The number of fused-ring (bicyclic) bond motifs is 3. The summed E-state index contributed by atoms with van der Waals surface area (Å²) in [6.45, 7) is 0.774. The lowest BCUT2D eigenvalue weighted by atomic mass is 9.94. The van der Waals surface area contributed by atoms with Crippen molar-refractivity contribution >= 4 is 51.7 Å². The second-order valence-electron chi connectivity index (χ2n) is 14.2. The molecule has 1 unspecified atom stereocenters. The first-order chi connectivity index (χ1) is 27.9. The zero-order chi connectivity index (χ0) is 40.6. The molecule has 8 rings (SSSR count). The molecule has 1 fully saturated rings. The van der Waals surface area contributed by atoms with Crippen LogP contribution in [0.5, 0.6) is 0 Å². The van der Waals surface area contributed by atoms with Gasteiger partial charge in [-0.2, -0.15) is 13.2 Å². The lowest BCUT2D eigenvalue weighted by Gasteiger charge is -2.29. The van der Waals surface area contributed by atoms with E-state index in [-0.39, 0.29) is 61.3 Å². The average molecular weight is 786 g/mol. The molecule has 292 valence electrons. The van der Waals surface area contributed by atoms with E-state index < -0.39 is 30.5 Å². The molecule has 12 nitrogen and oxygen atoms in total. The van der Waals surface area contributed by atoms with Crippen molar-refractivity contribution in [2.45, 2.75) is 50.9 Å². The molecule has 3 aromatic carbocycles. The van der Waals surface area contributed by atoms with E-state index in [4.69, 9.17) is 0 Å². The van der Waals surface area contributed by atoms with Gasteiger partial charge >= 0.3 is 6.18 Å². The first kappa shape index (κ1) is 37.8. The molecule has 5 heterocycles. The smallest absolute Gasteiger partial charge is 0.382 e. The average Bonchev–Trinajstić information content (AvgIpc) is 3.40. The first-order valence-electron chi connectivity index (χ1n) is 18.6. The standard InChI is InChI=1S/C43H34F3N7O5/c44-43(45,46)20-24-17-30(39-35(18-24)51-38(55)14-16-47-39)28-8-4-7-26-19-34(50-22-31(26)28)27-10-11-33(49-21-27)40(56)48-15-2-1-5-25-6-3-9-29-32(25)23-53(42(29)58)36-12-13-37(54)52-41(36)57/h3-4,6-11,17-19,21-22,36,47H,2,12-16,20,23H2,(H,48,56)(H,51,55)(H,52,54,57). The number of nitrogens with one attached hydrogen (secondary N) is 4. The highest BCUT2D eigenvalue weighted by Crippen LogP contribution is 2.41. The van der Waals surface area contributed by atoms with E-state index in [1.54, 1.807) is 48.7 Å². The number of amides is 5. The van der Waals surface area contributed by atoms with Crippen LogP contribution in [-0.2, 0) is 27.3 Å². The molecular formula is C43H34F3N7O5. The normalized spacial score (nSPS) is 16.3. The molecule has 58 heavy (non-hydrogen) atoms. The summed E-state index contributed by atoms with van der Waals surface area (Å²) in [6, 6.07) is 18.0. The number of nitrogens with zero attached hydrogens (tertiary/aromatic N) is 3. The molecule has 0 radical (unpaired) electrons. The van der Waals surface area contributed by atoms with E-state index in [1.807, 2.05) is 12.1 Å². The molecular weight excluding hydrogens is 752 g/mol. The number of anilines is 2. The number of imide groups is 1. The van der Waals surface area contributed by atoms with Gasteiger partial charge < -0.3 is 20.9 Å². The highest BCUT2D eigenvalue weighted by Gasteiger charge is 2.39. The molecule has 0 aliphatic carbocycles. The fourth-order valence-electron chi connectivity index (χ4n) is 7.48. The molecule has 5 aromatic rings. The van der Waals surface area contributed by atoms with Crippen molar-refractivity contribution in [2.24, 2.45) is 0 Å². The van der Waals surface area contributed by atoms with Gasteiger partial charge in [-0.25, -0.2) is 0 Å². The van der Waals surface area contributed by atoms with Gasteiger partial charge in [0.05, 0.1) is 23.5 Å². The third kappa shape index (κ3) is 7.81. The van der Waals surface area contributed by atoms with Crippen LogP contribution in [0.1, 0.15) is 63.2 Å². The van der Waals surface area contributed by atoms with Gasteiger partial charge in [-0.1, -0.05) is 36.1 Å². The van der Waals surface area contributed by atoms with Crippen molar-refractivity contribution in [2.75, 3.05) is 23.7 Å². The third-order valence-corrected chi connectivity index (χ3v) is 10.2. The number of alkyl halides is 3. The minimum atomic E-state index is -4.44. The zero-order valence-electron chi connectivity index (χ0n) is 30.8. The van der Waals surface area contributed by atoms with Gasteiger partial charge in [-0.3, -0.25) is 39.3 Å². The molecule has 5 amide bonds. The highest BCUT2D eigenvalue weighted by atomic mass is 19.4. The number of aromatic nitrogens is 2. The predicted octanol–water partition coefficient (Wildman–Crippen LogP) is 5.76. The Morgan fingerprint density at radius 1 is 0.897 bits per heavy atom. The Hall–Kier alpha value is -7.08. The number of hydrogen-bond acceptors (Lipinski definition) is 8. The van der Waals surface area contributed by atoms with Crippen LogP contribution >= 0.6 is 0 Å². The van der Waals surface area contributed by atoms with Gasteiger partial charge in [0, 0.05) is 78.9 Å². The lowest BCUT2D eigenvalue weighted by molar-refractivity contribution is -0.137. The summed E-state index contributed by atoms with van der Waals surface area (Å²) < 4.78 is 40.4. The van der Waals surface area contributed by atoms with Crippen molar-refractivity contribution in [1.82, 2.24) is 25.5 Å². The Morgan fingerprint density at radius 2 is 1.71 bits per heavy atom. The molecule has 0 saturated carbocycles. The lowest BCUT2D eigenvalue weighted by Crippen LogP contribution is -2.52. The highest BCUT2D eigenvalue weighted by molar-refractivity contribution is 6.07. The summed E-state index contributed by atoms with van der Waals surface area (Å²) in [4.78, 5) is 72.8. The largest absolute Gasteiger partial charge is 0.393 e. The molecule has 0 spiro atoms. The van der Waals surface area contributed by atoms with Crippen LogP contribution < -0.4 is 21.3 Å². The molecule has 1 saturated heterocycles. The van der Waals surface area contributed by atoms with Crippen LogP contribution in [0, 0.1) is 11.8 Å². The van der Waals surface area contributed by atoms with Crippen molar-refractivity contribution in [1.29, 1.82) is 0 Å². The second kappa shape index (κ2) is 15.5. The molecule has 3 aliphatic rings. The second-order valence-corrected chi connectivity index (χ2v) is 14.2. The van der Waals surface area contributed by atoms with Crippen molar-refractivity contribution in [3.8, 4) is 34.2 Å². The van der Waals surface area contributed by atoms with E-state index >= 15 is 0 Å². The summed E-state index contributed by atoms with van der Waals surface area (Å²) >= 11 is 0. The van der Waals surface area contributed by atoms with E-state index in [0.717, 1.165) is 10.9 Å². The Morgan fingerprint density at radius 3 is 2.50 bits per heavy atom. The maximum atomic E-state index is 13.5. The number of benzene rings is 3. The number of pyridine rings is 2. The van der Waals surface area contributed by atoms with E-state index in [1.165, 1.54) is 23.2 Å². The van der Waals surface area contributed by atoms with Gasteiger partial charge in [0.1, 0.15) is 11.7 Å². The van der Waals surface area contributed by atoms with Crippen molar-refractivity contribution < 1.29 is 37.1 Å². The number of carbonyl (C=O) groups excluding carboxylic acids is 5. The van der Waals surface area contributed by atoms with Gasteiger partial charge in [-0.15, -0.1) is 0 Å². The number of piperidine rings is 1. The Balaban J connectivity index is 0.930. The van der Waals surface area contributed by atoms with Crippen molar-refractivity contribution in [3.05, 3.63) is 107 Å². The SMILES string of the molecule is O=C1CCC(N2Cc3c(C#CCCNC(=O)c4ccc(-c5cc6cccc(-c7cc(CC(F)(F)F)cc8c7NCCC(=O)N8)c6cn5)cn4)cccc3C2=O)C(=O)N1. The van der Waals surface area contributed by atoms with Crippen LogP contribution in [0.25, 0.3) is 33.2 Å². The van der Waals surface area contributed by atoms with E-state index in [9.17, 15) is 37.1 Å². The van der Waals surface area contributed by atoms with Crippen LogP contribution in [0.4, 0.5) is 24.5 Å². The topological polar surface area (TPSA) is 162 Å². The fourth-order valence-corrected chi connectivity index (χ4v) is 7.48. The molecule has 1 atom stereocenters. The maximum Gasteiger partial charge on any atom is 0.393 e. The van der Waals surface area contributed by atoms with Gasteiger partial charge in [0.2, 0.25) is 17.7 Å². The Bertz CT molecular complexity index is 2600.